The Kier molecular flexibility index (Phi) is 3.15. The summed E-state index contributed by atoms with van der Waals surface area (Å²) in [7, 11) is 0. The number of hydrazone groups is 1. The van der Waals surface area contributed by atoms with E-state index in [9.17, 15) is 4.79 Å². The number of carbonyl (C=O) groups is 1. The number of hydrogen-bond donors (Lipinski definition) is 1. The van der Waals surface area contributed by atoms with Gasteiger partial charge in [0.25, 0.3) is 0 Å². The maximum atomic E-state index is 10.9. The Morgan fingerprint density at radius 1 is 1.31 bits per heavy atom. The van der Waals surface area contributed by atoms with Crippen molar-refractivity contribution < 1.29 is 4.79 Å². The van der Waals surface area contributed by atoms with Crippen LogP contribution < -0.4 is 5.43 Å². The van der Waals surface area contributed by atoms with E-state index in [1.54, 1.807) is 0 Å². The van der Waals surface area contributed by atoms with Gasteiger partial charge in [-0.25, -0.2) is 5.43 Å². The molecule has 0 radical (unpaired) electrons. The highest BCUT2D eigenvalue weighted by Crippen LogP contribution is 2.08. The second kappa shape index (κ2) is 4.75. The quantitative estimate of drug-likeness (QED) is 0.806. The van der Waals surface area contributed by atoms with Crippen LogP contribution in [0.4, 0.5) is 0 Å². The van der Waals surface area contributed by atoms with Crippen molar-refractivity contribution >= 4 is 17.7 Å². The molecule has 0 saturated heterocycles. The molecule has 3 heteroatoms. The summed E-state index contributed by atoms with van der Waals surface area (Å²) in [4.78, 5) is 10.9. The first-order valence-corrected chi connectivity index (χ1v) is 5.34. The Morgan fingerprint density at radius 2 is 2.19 bits per heavy atom. The fourth-order valence-corrected chi connectivity index (χ4v) is 1.57. The largest absolute Gasteiger partial charge is 0.273 e. The maximum Gasteiger partial charge on any atom is 0.240 e. The molecular formula is C13H14N2O. The highest BCUT2D eigenvalue weighted by Gasteiger charge is 2.08. The van der Waals surface area contributed by atoms with Crippen LogP contribution in [-0.2, 0) is 4.79 Å². The number of nitrogens with zero attached hydrogens (tertiary/aromatic N) is 1. The van der Waals surface area contributed by atoms with Crippen molar-refractivity contribution in [2.45, 2.75) is 19.8 Å². The molecule has 1 amide bonds. The van der Waals surface area contributed by atoms with Gasteiger partial charge in [0, 0.05) is 12.8 Å². The van der Waals surface area contributed by atoms with Crippen LogP contribution in [0.3, 0.4) is 0 Å². The van der Waals surface area contributed by atoms with Gasteiger partial charge in [0.2, 0.25) is 5.91 Å². The molecule has 0 fully saturated rings. The van der Waals surface area contributed by atoms with Crippen LogP contribution in [0.5, 0.6) is 0 Å². The summed E-state index contributed by atoms with van der Waals surface area (Å²) in [5.41, 5.74) is 5.78. The van der Waals surface area contributed by atoms with Crippen molar-refractivity contribution in [3.8, 4) is 0 Å². The van der Waals surface area contributed by atoms with Crippen LogP contribution in [0.15, 0.2) is 35.4 Å². The molecule has 0 aromatic heterocycles. The molecule has 1 aliphatic heterocycles. The van der Waals surface area contributed by atoms with Crippen molar-refractivity contribution in [3.63, 3.8) is 0 Å². The van der Waals surface area contributed by atoms with E-state index in [0.717, 1.165) is 11.3 Å². The average molecular weight is 214 g/mol. The molecule has 0 unspecified atom stereocenters. The molecule has 0 saturated carbocycles. The monoisotopic (exact) mass is 214 g/mol. The lowest BCUT2D eigenvalue weighted by atomic mass is 10.1. The lowest BCUT2D eigenvalue weighted by Crippen LogP contribution is -2.24. The van der Waals surface area contributed by atoms with Gasteiger partial charge in [0.1, 0.15) is 0 Å². The number of nitrogens with one attached hydrogen (secondary N) is 1. The SMILES string of the molecule is Cc1cccc(/C=C/C2=NNC(=O)CC2)c1. The van der Waals surface area contributed by atoms with E-state index in [1.807, 2.05) is 24.3 Å². The van der Waals surface area contributed by atoms with Crippen LogP contribution in [0.25, 0.3) is 6.08 Å². The molecule has 1 aliphatic rings. The van der Waals surface area contributed by atoms with E-state index in [4.69, 9.17) is 0 Å². The molecule has 1 aromatic rings. The van der Waals surface area contributed by atoms with E-state index in [2.05, 4.69) is 29.6 Å². The van der Waals surface area contributed by atoms with Gasteiger partial charge in [-0.3, -0.25) is 4.79 Å². The van der Waals surface area contributed by atoms with Crippen molar-refractivity contribution in [3.05, 3.63) is 41.5 Å². The van der Waals surface area contributed by atoms with E-state index < -0.39 is 0 Å². The Balaban J connectivity index is 2.07. The molecule has 1 aromatic carbocycles. The number of rotatable bonds is 2. The Bertz CT molecular complexity index is 461. The van der Waals surface area contributed by atoms with Crippen LogP contribution in [0.2, 0.25) is 0 Å². The third-order valence-electron chi connectivity index (χ3n) is 2.44. The van der Waals surface area contributed by atoms with Gasteiger partial charge in [-0.05, 0) is 18.6 Å². The van der Waals surface area contributed by atoms with Crippen LogP contribution in [0.1, 0.15) is 24.0 Å². The molecule has 16 heavy (non-hydrogen) atoms. The van der Waals surface area contributed by atoms with E-state index in [-0.39, 0.29) is 5.91 Å². The van der Waals surface area contributed by atoms with E-state index in [0.29, 0.717) is 12.8 Å². The summed E-state index contributed by atoms with van der Waals surface area (Å²) in [6.45, 7) is 2.07. The lowest BCUT2D eigenvalue weighted by molar-refractivity contribution is -0.121. The minimum atomic E-state index is -0.00675. The smallest absolute Gasteiger partial charge is 0.240 e. The second-order valence-corrected chi connectivity index (χ2v) is 3.89. The summed E-state index contributed by atoms with van der Waals surface area (Å²) in [6.07, 6.45) is 5.21. The predicted molar refractivity (Wildman–Crippen MR) is 65.0 cm³/mol. The van der Waals surface area contributed by atoms with E-state index >= 15 is 0 Å². The Morgan fingerprint density at radius 3 is 2.88 bits per heavy atom. The van der Waals surface area contributed by atoms with Crippen molar-refractivity contribution in [2.24, 2.45) is 5.10 Å². The highest BCUT2D eigenvalue weighted by molar-refractivity contribution is 6.02. The van der Waals surface area contributed by atoms with Gasteiger partial charge < -0.3 is 0 Å². The second-order valence-electron chi connectivity index (χ2n) is 3.89. The molecule has 0 spiro atoms. The highest BCUT2D eigenvalue weighted by atomic mass is 16.2. The van der Waals surface area contributed by atoms with Crippen molar-refractivity contribution in [2.75, 3.05) is 0 Å². The molecule has 0 atom stereocenters. The number of carbonyl (C=O) groups excluding carboxylic acids is 1. The Labute approximate surface area is 94.9 Å². The predicted octanol–water partition coefficient (Wildman–Crippen LogP) is 2.27. The number of benzene rings is 1. The standard InChI is InChI=1S/C13H14N2O/c1-10-3-2-4-11(9-10)5-6-12-7-8-13(16)15-14-12/h2-6,9H,7-8H2,1H3,(H,15,16)/b6-5+. The first-order valence-electron chi connectivity index (χ1n) is 5.34. The summed E-state index contributed by atoms with van der Waals surface area (Å²) in [5.74, 6) is -0.00675. The number of allylic oxidation sites excluding steroid dienone is 1. The third-order valence-corrected chi connectivity index (χ3v) is 2.44. The van der Waals surface area contributed by atoms with Gasteiger partial charge in [-0.15, -0.1) is 0 Å². The summed E-state index contributed by atoms with van der Waals surface area (Å²) >= 11 is 0. The van der Waals surface area contributed by atoms with Gasteiger partial charge in [0.05, 0.1) is 5.71 Å². The van der Waals surface area contributed by atoms with Gasteiger partial charge >= 0.3 is 0 Å². The van der Waals surface area contributed by atoms with Crippen LogP contribution in [0, 0.1) is 6.92 Å². The first kappa shape index (κ1) is 10.6. The maximum absolute atomic E-state index is 10.9. The van der Waals surface area contributed by atoms with Crippen LogP contribution in [-0.4, -0.2) is 11.6 Å². The first-order chi connectivity index (χ1) is 7.74. The fraction of sp³-hybridized carbons (Fsp3) is 0.231. The van der Waals surface area contributed by atoms with Gasteiger partial charge in [-0.1, -0.05) is 35.9 Å². The zero-order chi connectivity index (χ0) is 11.4. The summed E-state index contributed by atoms with van der Waals surface area (Å²) in [5, 5.41) is 3.98. The zero-order valence-corrected chi connectivity index (χ0v) is 9.23. The summed E-state index contributed by atoms with van der Waals surface area (Å²) < 4.78 is 0. The van der Waals surface area contributed by atoms with Gasteiger partial charge in [-0.2, -0.15) is 5.10 Å². The topological polar surface area (TPSA) is 41.5 Å². The average Bonchev–Trinajstić information content (AvgIpc) is 2.28. The number of hydrogen-bond acceptors (Lipinski definition) is 2. The normalized spacial score (nSPS) is 16.1. The molecule has 1 heterocycles. The molecule has 3 nitrogen and oxygen atoms in total. The molecule has 1 N–H and O–H groups in total. The summed E-state index contributed by atoms with van der Waals surface area (Å²) in [6, 6.07) is 8.25. The zero-order valence-electron chi connectivity index (χ0n) is 9.23. The molecular weight excluding hydrogens is 200 g/mol. The lowest BCUT2D eigenvalue weighted by Gasteiger charge is -2.08. The third kappa shape index (κ3) is 2.79. The van der Waals surface area contributed by atoms with Gasteiger partial charge in [0.15, 0.2) is 0 Å². The fourth-order valence-electron chi connectivity index (χ4n) is 1.57. The van der Waals surface area contributed by atoms with Crippen LogP contribution >= 0.6 is 0 Å². The van der Waals surface area contributed by atoms with E-state index in [1.165, 1.54) is 5.56 Å². The number of amides is 1. The number of aryl methyl sites for hydroxylation is 1. The Hall–Kier alpha value is -1.90. The van der Waals surface area contributed by atoms with Crippen molar-refractivity contribution in [1.82, 2.24) is 5.43 Å². The van der Waals surface area contributed by atoms with Crippen molar-refractivity contribution in [1.29, 1.82) is 0 Å². The minimum Gasteiger partial charge on any atom is -0.273 e. The minimum absolute atomic E-state index is 0.00675. The molecule has 0 aliphatic carbocycles. The molecule has 0 bridgehead atoms. The molecule has 82 valence electrons. The molecule has 2 rings (SSSR count).